The highest BCUT2D eigenvalue weighted by molar-refractivity contribution is 7.87. The minimum absolute atomic E-state index is 0.156. The SMILES string of the molecule is CC(=O)CNC(=O)/C(=C/[C@@H](OCc1ccccc1)[C@H](OCc1ccccc1)[C@@H](COCc1ccccc1)OS(=O)(=O)C(F)(F)F)NC(=O)OCc1ccccc1. The molecule has 0 saturated carbocycles. The molecule has 0 aromatic heterocycles. The molecule has 0 heterocycles. The van der Waals surface area contributed by atoms with Crippen molar-refractivity contribution in [2.24, 2.45) is 0 Å². The smallest absolute Gasteiger partial charge is 0.444 e. The van der Waals surface area contributed by atoms with Gasteiger partial charge in [0.1, 0.15) is 36.4 Å². The van der Waals surface area contributed by atoms with Crippen LogP contribution in [0.4, 0.5) is 18.0 Å². The fraction of sp³-hybridized carbons (Fsp3) is 0.275. The number of nitrogens with one attached hydrogen (secondary N) is 2. The number of rotatable bonds is 21. The van der Waals surface area contributed by atoms with Crippen molar-refractivity contribution in [3.05, 3.63) is 155 Å². The lowest BCUT2D eigenvalue weighted by molar-refractivity contribution is -0.132. The molecule has 0 saturated heterocycles. The Kier molecular flexibility index (Phi) is 16.7. The standard InChI is InChI=1S/C40H41F3N2O10S/c1-29(46)23-44-38(47)34(45-39(48)54-27-33-20-12-5-13-21-33)22-35(52-25-31-16-8-3-9-17-31)37(53-26-32-18-10-4-11-19-32)36(55-56(49,50)40(41,42)43)28-51-24-30-14-6-2-7-15-30/h2-22,35-37H,23-28H2,1H3,(H,44,47)(H,45,48)/b34-22-/t35-,36-,37+/m1/s1. The normalized spacial score (nSPS) is 13.6. The van der Waals surface area contributed by atoms with Crippen molar-refractivity contribution in [1.82, 2.24) is 10.6 Å². The van der Waals surface area contributed by atoms with Crippen molar-refractivity contribution in [1.29, 1.82) is 0 Å². The molecular formula is C40H41F3N2O10S. The highest BCUT2D eigenvalue weighted by Gasteiger charge is 2.50. The number of carbonyl (C=O) groups excluding carboxylic acids is 3. The van der Waals surface area contributed by atoms with Gasteiger partial charge >= 0.3 is 21.7 Å². The second-order valence-corrected chi connectivity index (χ2v) is 13.8. The Bertz CT molecular complexity index is 1970. The van der Waals surface area contributed by atoms with Crippen molar-refractivity contribution in [2.45, 2.75) is 57.2 Å². The predicted molar refractivity (Wildman–Crippen MR) is 198 cm³/mol. The van der Waals surface area contributed by atoms with Gasteiger partial charge in [-0.1, -0.05) is 121 Å². The first-order valence-corrected chi connectivity index (χ1v) is 18.6. The average Bonchev–Trinajstić information content (AvgIpc) is 3.18. The molecule has 4 aromatic carbocycles. The van der Waals surface area contributed by atoms with Gasteiger partial charge in [0.2, 0.25) is 0 Å². The van der Waals surface area contributed by atoms with Crippen molar-refractivity contribution >= 4 is 27.9 Å². The Labute approximate surface area is 322 Å². The van der Waals surface area contributed by atoms with Gasteiger partial charge in [0, 0.05) is 0 Å². The van der Waals surface area contributed by atoms with Gasteiger partial charge in [-0.3, -0.25) is 19.1 Å². The summed E-state index contributed by atoms with van der Waals surface area (Å²) < 4.78 is 95.1. The predicted octanol–water partition coefficient (Wildman–Crippen LogP) is 6.12. The number of benzene rings is 4. The van der Waals surface area contributed by atoms with Crippen LogP contribution in [0.3, 0.4) is 0 Å². The van der Waals surface area contributed by atoms with E-state index in [-0.39, 0.29) is 26.4 Å². The number of hydrogen-bond donors (Lipinski definition) is 2. The molecule has 16 heteroatoms. The maximum absolute atomic E-state index is 13.9. The van der Waals surface area contributed by atoms with E-state index < -0.39 is 70.6 Å². The summed E-state index contributed by atoms with van der Waals surface area (Å²) in [5.74, 6) is -1.45. The Balaban J connectivity index is 1.80. The fourth-order valence-corrected chi connectivity index (χ4v) is 5.55. The van der Waals surface area contributed by atoms with Crippen LogP contribution in [0.25, 0.3) is 0 Å². The quantitative estimate of drug-likeness (QED) is 0.0572. The van der Waals surface area contributed by atoms with Crippen LogP contribution in [0.5, 0.6) is 0 Å². The molecule has 2 N–H and O–H groups in total. The molecule has 4 aromatic rings. The zero-order valence-corrected chi connectivity index (χ0v) is 31.0. The minimum Gasteiger partial charge on any atom is -0.444 e. The Morgan fingerprint density at radius 3 is 1.64 bits per heavy atom. The number of Topliss-reactive ketones (excluding diaryl/α,β-unsaturated/α-hetero) is 1. The molecule has 4 rings (SSSR count). The van der Waals surface area contributed by atoms with E-state index in [2.05, 4.69) is 10.6 Å². The summed E-state index contributed by atoms with van der Waals surface area (Å²) in [7, 11) is -6.28. The number of carbonyl (C=O) groups is 3. The number of ketones is 1. The Morgan fingerprint density at radius 2 is 1.16 bits per heavy atom. The van der Waals surface area contributed by atoms with Crippen LogP contribution in [0.1, 0.15) is 29.2 Å². The molecule has 0 spiro atoms. The van der Waals surface area contributed by atoms with Gasteiger partial charge in [0.15, 0.2) is 0 Å². The van der Waals surface area contributed by atoms with E-state index in [1.165, 1.54) is 6.92 Å². The average molecular weight is 799 g/mol. The van der Waals surface area contributed by atoms with Gasteiger partial charge in [-0.25, -0.2) is 4.79 Å². The summed E-state index contributed by atoms with van der Waals surface area (Å²) in [6, 6.07) is 34.1. The minimum atomic E-state index is -6.28. The third kappa shape index (κ3) is 14.7. The maximum Gasteiger partial charge on any atom is 0.523 e. The molecule has 0 unspecified atom stereocenters. The first kappa shape index (κ1) is 43.3. The van der Waals surface area contributed by atoms with Gasteiger partial charge in [0.05, 0.1) is 33.0 Å². The van der Waals surface area contributed by atoms with Crippen LogP contribution in [0.2, 0.25) is 0 Å². The second kappa shape index (κ2) is 21.6. The molecule has 12 nitrogen and oxygen atoms in total. The molecule has 3 atom stereocenters. The largest absolute Gasteiger partial charge is 0.523 e. The molecule has 56 heavy (non-hydrogen) atoms. The Morgan fingerprint density at radius 1 is 0.696 bits per heavy atom. The van der Waals surface area contributed by atoms with Gasteiger partial charge < -0.3 is 24.3 Å². The zero-order chi connectivity index (χ0) is 40.4. The topological polar surface area (TPSA) is 156 Å². The molecular weight excluding hydrogens is 758 g/mol. The summed E-state index contributed by atoms with van der Waals surface area (Å²) in [5, 5.41) is 4.67. The van der Waals surface area contributed by atoms with E-state index >= 15 is 0 Å². The summed E-state index contributed by atoms with van der Waals surface area (Å²) >= 11 is 0. The van der Waals surface area contributed by atoms with E-state index in [9.17, 15) is 36.0 Å². The highest BCUT2D eigenvalue weighted by atomic mass is 32.2. The van der Waals surface area contributed by atoms with Crippen LogP contribution in [0, 0.1) is 0 Å². The number of ether oxygens (including phenoxy) is 4. The number of amides is 2. The maximum atomic E-state index is 13.9. The molecule has 0 aliphatic carbocycles. The van der Waals surface area contributed by atoms with E-state index in [0.717, 1.165) is 6.08 Å². The van der Waals surface area contributed by atoms with Gasteiger partial charge in [0.25, 0.3) is 5.91 Å². The molecule has 0 radical (unpaired) electrons. The second-order valence-electron chi connectivity index (χ2n) is 12.2. The highest BCUT2D eigenvalue weighted by Crippen LogP contribution is 2.29. The number of halogens is 3. The van der Waals surface area contributed by atoms with E-state index in [1.54, 1.807) is 121 Å². The monoisotopic (exact) mass is 798 g/mol. The molecule has 298 valence electrons. The lowest BCUT2D eigenvalue weighted by Gasteiger charge is -2.32. The van der Waals surface area contributed by atoms with Crippen molar-refractivity contribution < 1.29 is 59.1 Å². The van der Waals surface area contributed by atoms with Crippen LogP contribution in [-0.4, -0.2) is 63.2 Å². The van der Waals surface area contributed by atoms with E-state index in [0.29, 0.717) is 22.3 Å². The molecule has 0 bridgehead atoms. The molecule has 2 amide bonds. The van der Waals surface area contributed by atoms with E-state index in [1.807, 2.05) is 0 Å². The summed E-state index contributed by atoms with van der Waals surface area (Å²) in [6.07, 6.45) is -5.56. The number of hydrogen-bond acceptors (Lipinski definition) is 10. The van der Waals surface area contributed by atoms with E-state index in [4.69, 9.17) is 23.1 Å². The number of alkyl halides is 3. The first-order chi connectivity index (χ1) is 26.8. The van der Waals surface area contributed by atoms with Crippen molar-refractivity contribution in [3.8, 4) is 0 Å². The molecule has 0 aliphatic rings. The van der Waals surface area contributed by atoms with Crippen molar-refractivity contribution in [3.63, 3.8) is 0 Å². The summed E-state index contributed by atoms with van der Waals surface area (Å²) in [4.78, 5) is 38.4. The van der Waals surface area contributed by atoms with Crippen LogP contribution < -0.4 is 10.6 Å². The summed E-state index contributed by atoms with van der Waals surface area (Å²) in [5.41, 5.74) is -4.05. The Hall–Kier alpha value is -5.39. The summed E-state index contributed by atoms with van der Waals surface area (Å²) in [6.45, 7) is -0.911. The van der Waals surface area contributed by atoms with Gasteiger partial charge in [-0.15, -0.1) is 0 Å². The third-order valence-corrected chi connectivity index (χ3v) is 8.78. The van der Waals surface area contributed by atoms with Gasteiger partial charge in [-0.2, -0.15) is 21.6 Å². The van der Waals surface area contributed by atoms with Gasteiger partial charge in [-0.05, 0) is 35.3 Å². The van der Waals surface area contributed by atoms with Crippen LogP contribution in [-0.2, 0) is 69.3 Å². The molecule has 0 aliphatic heterocycles. The lowest BCUT2D eigenvalue weighted by Crippen LogP contribution is -2.47. The lowest BCUT2D eigenvalue weighted by atomic mass is 10.1. The van der Waals surface area contributed by atoms with Crippen LogP contribution >= 0.6 is 0 Å². The number of alkyl carbamates (subject to hydrolysis) is 1. The molecule has 0 fully saturated rings. The first-order valence-electron chi connectivity index (χ1n) is 17.2. The fourth-order valence-electron chi connectivity index (χ4n) is 4.95. The third-order valence-electron chi connectivity index (χ3n) is 7.71. The van der Waals surface area contributed by atoms with Crippen molar-refractivity contribution in [2.75, 3.05) is 13.2 Å². The zero-order valence-electron chi connectivity index (χ0n) is 30.2. The van der Waals surface area contributed by atoms with Crippen LogP contribution in [0.15, 0.2) is 133 Å².